The van der Waals surface area contributed by atoms with E-state index in [2.05, 4.69) is 21.9 Å². The fraction of sp³-hybridized carbons (Fsp3) is 0.700. The maximum absolute atomic E-state index is 6.08. The summed E-state index contributed by atoms with van der Waals surface area (Å²) in [6, 6.07) is 6.62. The standard InChI is InChI=1S/C20H33N3O2/c1-24-20-14-17(15-23-11-5-6-18(21)16-23)7-8-19(20)25-13-12-22-9-3-2-4-10-22/h7-8,14,18H,2-6,9-13,15-16,21H2,1H3/t18-/m0/s1. The van der Waals surface area contributed by atoms with Crippen molar-refractivity contribution in [2.75, 3.05) is 46.4 Å². The van der Waals surface area contributed by atoms with Crippen LogP contribution in [0.15, 0.2) is 18.2 Å². The Kier molecular flexibility index (Phi) is 6.96. The molecule has 0 radical (unpaired) electrons. The fourth-order valence-corrected chi connectivity index (χ4v) is 3.89. The van der Waals surface area contributed by atoms with Crippen molar-refractivity contribution in [2.45, 2.75) is 44.7 Å². The zero-order chi connectivity index (χ0) is 17.5. The molecule has 2 aliphatic rings. The zero-order valence-corrected chi connectivity index (χ0v) is 15.6. The molecule has 140 valence electrons. The summed E-state index contributed by atoms with van der Waals surface area (Å²) >= 11 is 0. The Balaban J connectivity index is 1.51. The molecule has 2 N–H and O–H groups in total. The Morgan fingerprint density at radius 2 is 1.84 bits per heavy atom. The first-order valence-electron chi connectivity index (χ1n) is 9.74. The van der Waals surface area contributed by atoms with Gasteiger partial charge in [0, 0.05) is 25.7 Å². The molecule has 0 bridgehead atoms. The molecule has 2 fully saturated rings. The van der Waals surface area contributed by atoms with Crippen molar-refractivity contribution in [3.8, 4) is 11.5 Å². The molecule has 1 aromatic carbocycles. The molecule has 1 atom stereocenters. The number of rotatable bonds is 7. The maximum atomic E-state index is 6.08. The van der Waals surface area contributed by atoms with Crippen LogP contribution in [0.2, 0.25) is 0 Å². The summed E-state index contributed by atoms with van der Waals surface area (Å²) in [6.07, 6.45) is 6.34. The van der Waals surface area contributed by atoms with Crippen molar-refractivity contribution in [1.82, 2.24) is 9.80 Å². The predicted octanol–water partition coefficient (Wildman–Crippen LogP) is 2.48. The second-order valence-electron chi connectivity index (χ2n) is 7.37. The molecule has 0 unspecified atom stereocenters. The molecule has 0 aliphatic carbocycles. The fourth-order valence-electron chi connectivity index (χ4n) is 3.89. The van der Waals surface area contributed by atoms with Gasteiger partial charge in [-0.1, -0.05) is 12.5 Å². The minimum absolute atomic E-state index is 0.313. The summed E-state index contributed by atoms with van der Waals surface area (Å²) in [5, 5.41) is 0. The summed E-state index contributed by atoms with van der Waals surface area (Å²) in [5.41, 5.74) is 7.34. The van der Waals surface area contributed by atoms with Crippen LogP contribution in [0.5, 0.6) is 11.5 Å². The highest BCUT2D eigenvalue weighted by atomic mass is 16.5. The minimum atomic E-state index is 0.313. The number of likely N-dealkylation sites (tertiary alicyclic amines) is 2. The monoisotopic (exact) mass is 347 g/mol. The topological polar surface area (TPSA) is 51.0 Å². The molecule has 5 heteroatoms. The van der Waals surface area contributed by atoms with Gasteiger partial charge in [-0.2, -0.15) is 0 Å². The summed E-state index contributed by atoms with van der Waals surface area (Å²) < 4.78 is 11.5. The predicted molar refractivity (Wildman–Crippen MR) is 101 cm³/mol. The van der Waals surface area contributed by atoms with Crippen LogP contribution in [0, 0.1) is 0 Å². The normalized spacial score (nSPS) is 22.7. The van der Waals surface area contributed by atoms with Gasteiger partial charge in [-0.05, 0) is 63.0 Å². The lowest BCUT2D eigenvalue weighted by atomic mass is 10.1. The average molecular weight is 348 g/mol. The van der Waals surface area contributed by atoms with E-state index in [0.717, 1.165) is 50.7 Å². The van der Waals surface area contributed by atoms with Crippen molar-refractivity contribution in [3.63, 3.8) is 0 Å². The highest BCUT2D eigenvalue weighted by molar-refractivity contribution is 5.43. The van der Waals surface area contributed by atoms with Crippen molar-refractivity contribution in [2.24, 2.45) is 5.73 Å². The van der Waals surface area contributed by atoms with Gasteiger partial charge in [-0.25, -0.2) is 0 Å². The number of hydrogen-bond acceptors (Lipinski definition) is 5. The van der Waals surface area contributed by atoms with Crippen LogP contribution < -0.4 is 15.2 Å². The molecule has 25 heavy (non-hydrogen) atoms. The summed E-state index contributed by atoms with van der Waals surface area (Å²) in [5.74, 6) is 1.68. The lowest BCUT2D eigenvalue weighted by molar-refractivity contribution is 0.180. The Morgan fingerprint density at radius 3 is 2.60 bits per heavy atom. The third-order valence-electron chi connectivity index (χ3n) is 5.29. The van der Waals surface area contributed by atoms with E-state index in [1.54, 1.807) is 7.11 Å². The number of piperidine rings is 2. The molecule has 3 rings (SSSR count). The van der Waals surface area contributed by atoms with Gasteiger partial charge in [0.15, 0.2) is 11.5 Å². The van der Waals surface area contributed by atoms with Crippen molar-refractivity contribution >= 4 is 0 Å². The van der Waals surface area contributed by atoms with E-state index in [9.17, 15) is 0 Å². The molecule has 0 spiro atoms. The van der Waals surface area contributed by atoms with Crippen LogP contribution in [-0.2, 0) is 6.54 Å². The number of ether oxygens (including phenoxy) is 2. The number of benzene rings is 1. The van der Waals surface area contributed by atoms with Crippen LogP contribution >= 0.6 is 0 Å². The minimum Gasteiger partial charge on any atom is -0.493 e. The molecule has 2 heterocycles. The molecular weight excluding hydrogens is 314 g/mol. The Hall–Kier alpha value is -1.30. The smallest absolute Gasteiger partial charge is 0.161 e. The number of hydrogen-bond donors (Lipinski definition) is 1. The van der Waals surface area contributed by atoms with E-state index in [1.165, 1.54) is 44.3 Å². The van der Waals surface area contributed by atoms with Crippen LogP contribution in [0.25, 0.3) is 0 Å². The van der Waals surface area contributed by atoms with E-state index < -0.39 is 0 Å². The third kappa shape index (κ3) is 5.59. The zero-order valence-electron chi connectivity index (χ0n) is 15.6. The average Bonchev–Trinajstić information content (AvgIpc) is 2.63. The molecule has 0 saturated carbocycles. The van der Waals surface area contributed by atoms with Gasteiger partial charge < -0.3 is 15.2 Å². The molecule has 1 aromatic rings. The van der Waals surface area contributed by atoms with E-state index in [-0.39, 0.29) is 0 Å². The Labute approximate surface area is 152 Å². The first-order chi connectivity index (χ1) is 12.2. The molecule has 0 amide bonds. The summed E-state index contributed by atoms with van der Waals surface area (Å²) in [6.45, 7) is 7.17. The number of nitrogens with two attached hydrogens (primary N) is 1. The van der Waals surface area contributed by atoms with Gasteiger partial charge >= 0.3 is 0 Å². The van der Waals surface area contributed by atoms with Crippen molar-refractivity contribution in [1.29, 1.82) is 0 Å². The number of methoxy groups -OCH3 is 1. The van der Waals surface area contributed by atoms with E-state index in [4.69, 9.17) is 15.2 Å². The SMILES string of the molecule is COc1cc(CN2CCC[C@H](N)C2)ccc1OCCN1CCCCC1. The Bertz CT molecular complexity index is 532. The Morgan fingerprint density at radius 1 is 1.04 bits per heavy atom. The van der Waals surface area contributed by atoms with Gasteiger partial charge in [0.25, 0.3) is 0 Å². The highest BCUT2D eigenvalue weighted by Crippen LogP contribution is 2.29. The second kappa shape index (κ2) is 9.41. The van der Waals surface area contributed by atoms with Crippen LogP contribution in [0.3, 0.4) is 0 Å². The molecule has 0 aromatic heterocycles. The van der Waals surface area contributed by atoms with Gasteiger partial charge in [0.2, 0.25) is 0 Å². The van der Waals surface area contributed by atoms with E-state index >= 15 is 0 Å². The van der Waals surface area contributed by atoms with Crippen LogP contribution in [0.4, 0.5) is 0 Å². The molecule has 2 aliphatic heterocycles. The first kappa shape index (κ1) is 18.5. The molecular formula is C20H33N3O2. The van der Waals surface area contributed by atoms with Gasteiger partial charge in [0.1, 0.15) is 6.61 Å². The van der Waals surface area contributed by atoms with Crippen molar-refractivity contribution in [3.05, 3.63) is 23.8 Å². The molecule has 2 saturated heterocycles. The third-order valence-corrected chi connectivity index (χ3v) is 5.29. The maximum Gasteiger partial charge on any atom is 0.161 e. The van der Waals surface area contributed by atoms with Gasteiger partial charge in [-0.3, -0.25) is 9.80 Å². The van der Waals surface area contributed by atoms with Crippen molar-refractivity contribution < 1.29 is 9.47 Å². The second-order valence-corrected chi connectivity index (χ2v) is 7.37. The van der Waals surface area contributed by atoms with Crippen LogP contribution in [-0.4, -0.2) is 62.3 Å². The summed E-state index contributed by atoms with van der Waals surface area (Å²) in [4.78, 5) is 4.92. The first-order valence-corrected chi connectivity index (χ1v) is 9.74. The summed E-state index contributed by atoms with van der Waals surface area (Å²) in [7, 11) is 1.72. The quantitative estimate of drug-likeness (QED) is 0.821. The van der Waals surface area contributed by atoms with Crippen LogP contribution in [0.1, 0.15) is 37.7 Å². The lowest BCUT2D eigenvalue weighted by Gasteiger charge is -2.30. The highest BCUT2D eigenvalue weighted by Gasteiger charge is 2.17. The molecule has 5 nitrogen and oxygen atoms in total. The van der Waals surface area contributed by atoms with E-state index in [1.807, 2.05) is 6.07 Å². The number of nitrogens with zero attached hydrogens (tertiary/aromatic N) is 2. The van der Waals surface area contributed by atoms with Gasteiger partial charge in [0.05, 0.1) is 7.11 Å². The van der Waals surface area contributed by atoms with E-state index in [0.29, 0.717) is 6.04 Å². The van der Waals surface area contributed by atoms with Gasteiger partial charge in [-0.15, -0.1) is 0 Å². The largest absolute Gasteiger partial charge is 0.493 e. The lowest BCUT2D eigenvalue weighted by Crippen LogP contribution is -2.42.